The summed E-state index contributed by atoms with van der Waals surface area (Å²) in [6.45, 7) is 4.48. The van der Waals surface area contributed by atoms with Crippen LogP contribution in [-0.2, 0) is 4.79 Å². The standard InChI is InChI=1S/C25H32N4O/c1-18(25(30)29-14-6-7-15-29)26-16-22(19-10-12-20(13-11-19)28(2)3)23-17-27-24-9-5-4-8-21(23)24/h4-5,8-13,17-18,22,26-27H,6-7,14-16H2,1-3H3/t18-,22-/m0/s1. The summed E-state index contributed by atoms with van der Waals surface area (Å²) < 4.78 is 0. The third kappa shape index (κ3) is 4.21. The first-order valence-electron chi connectivity index (χ1n) is 10.9. The number of amides is 1. The maximum absolute atomic E-state index is 12.8. The van der Waals surface area contributed by atoms with Crippen LogP contribution in [0.25, 0.3) is 10.9 Å². The fraction of sp³-hybridized carbons (Fsp3) is 0.400. The lowest BCUT2D eigenvalue weighted by atomic mass is 9.90. The quantitative estimate of drug-likeness (QED) is 0.627. The molecule has 2 heterocycles. The van der Waals surface area contributed by atoms with E-state index in [9.17, 15) is 4.79 Å². The van der Waals surface area contributed by atoms with Crippen molar-refractivity contribution in [1.82, 2.24) is 15.2 Å². The van der Waals surface area contributed by atoms with Gasteiger partial charge < -0.3 is 20.1 Å². The number of nitrogens with one attached hydrogen (secondary N) is 2. The van der Waals surface area contributed by atoms with Crippen LogP contribution in [0.5, 0.6) is 0 Å². The Balaban J connectivity index is 1.59. The maximum Gasteiger partial charge on any atom is 0.239 e. The number of aromatic nitrogens is 1. The third-order valence-corrected chi connectivity index (χ3v) is 6.22. The minimum Gasteiger partial charge on any atom is -0.378 e. The molecule has 2 N–H and O–H groups in total. The molecule has 3 aromatic rings. The van der Waals surface area contributed by atoms with E-state index < -0.39 is 0 Å². The van der Waals surface area contributed by atoms with E-state index in [0.717, 1.165) is 31.4 Å². The van der Waals surface area contributed by atoms with Crippen LogP contribution in [0.3, 0.4) is 0 Å². The third-order valence-electron chi connectivity index (χ3n) is 6.22. The number of hydrogen-bond donors (Lipinski definition) is 2. The van der Waals surface area contributed by atoms with Gasteiger partial charge in [-0.25, -0.2) is 0 Å². The summed E-state index contributed by atoms with van der Waals surface area (Å²) in [5.74, 6) is 0.374. The number of fused-ring (bicyclic) bond motifs is 1. The van der Waals surface area contributed by atoms with Crippen molar-refractivity contribution in [3.8, 4) is 0 Å². The highest BCUT2D eigenvalue weighted by atomic mass is 16.2. The predicted octanol–water partition coefficient (Wildman–Crippen LogP) is 3.97. The van der Waals surface area contributed by atoms with E-state index in [2.05, 4.69) is 84.0 Å². The molecule has 158 valence electrons. The van der Waals surface area contributed by atoms with Crippen LogP contribution >= 0.6 is 0 Å². The number of anilines is 1. The summed E-state index contributed by atoms with van der Waals surface area (Å²) in [4.78, 5) is 20.3. The molecule has 0 unspecified atom stereocenters. The monoisotopic (exact) mass is 404 g/mol. The Morgan fingerprint density at radius 2 is 1.80 bits per heavy atom. The van der Waals surface area contributed by atoms with Crippen LogP contribution in [0.4, 0.5) is 5.69 Å². The molecule has 1 fully saturated rings. The molecule has 0 saturated carbocycles. The molecule has 1 aliphatic rings. The first kappa shape index (κ1) is 20.5. The molecule has 5 heteroatoms. The fourth-order valence-corrected chi connectivity index (χ4v) is 4.39. The van der Waals surface area contributed by atoms with Gasteiger partial charge in [-0.2, -0.15) is 0 Å². The minimum absolute atomic E-state index is 0.159. The van der Waals surface area contributed by atoms with E-state index in [0.29, 0.717) is 6.54 Å². The van der Waals surface area contributed by atoms with Gasteiger partial charge in [0.2, 0.25) is 5.91 Å². The smallest absolute Gasteiger partial charge is 0.239 e. The number of H-pyrrole nitrogens is 1. The van der Waals surface area contributed by atoms with E-state index >= 15 is 0 Å². The van der Waals surface area contributed by atoms with Gasteiger partial charge in [-0.15, -0.1) is 0 Å². The predicted molar refractivity (Wildman–Crippen MR) is 124 cm³/mol. The average molecular weight is 405 g/mol. The molecule has 4 rings (SSSR count). The second-order valence-electron chi connectivity index (χ2n) is 8.49. The van der Waals surface area contributed by atoms with Crippen molar-refractivity contribution in [2.75, 3.05) is 38.6 Å². The van der Waals surface area contributed by atoms with Crippen LogP contribution in [0.1, 0.15) is 36.8 Å². The molecule has 1 amide bonds. The molecule has 0 bridgehead atoms. The van der Waals surface area contributed by atoms with E-state index in [4.69, 9.17) is 0 Å². The molecular weight excluding hydrogens is 372 g/mol. The van der Waals surface area contributed by atoms with Gasteiger partial charge in [-0.1, -0.05) is 30.3 Å². The van der Waals surface area contributed by atoms with Crippen molar-refractivity contribution in [3.05, 3.63) is 65.9 Å². The number of likely N-dealkylation sites (tertiary alicyclic amines) is 1. The van der Waals surface area contributed by atoms with Crippen molar-refractivity contribution >= 4 is 22.5 Å². The summed E-state index contributed by atoms with van der Waals surface area (Å²) in [5.41, 5.74) is 4.83. The topological polar surface area (TPSA) is 51.4 Å². The zero-order chi connectivity index (χ0) is 21.1. The number of benzene rings is 2. The van der Waals surface area contributed by atoms with Gasteiger partial charge in [0.15, 0.2) is 0 Å². The SMILES string of the molecule is C[C@H](NC[C@@H](c1ccc(N(C)C)cc1)c1c[nH]c2ccccc12)C(=O)N1CCCC1. The number of rotatable bonds is 7. The first-order chi connectivity index (χ1) is 14.5. The molecule has 0 aliphatic carbocycles. The number of carbonyl (C=O) groups is 1. The van der Waals surface area contributed by atoms with Gasteiger partial charge >= 0.3 is 0 Å². The van der Waals surface area contributed by atoms with Gasteiger partial charge in [-0.3, -0.25) is 4.79 Å². The molecule has 2 atom stereocenters. The Morgan fingerprint density at radius 1 is 1.10 bits per heavy atom. The van der Waals surface area contributed by atoms with Crippen molar-refractivity contribution in [3.63, 3.8) is 0 Å². The Morgan fingerprint density at radius 3 is 2.50 bits per heavy atom. The number of nitrogens with zero attached hydrogens (tertiary/aromatic N) is 2. The van der Waals surface area contributed by atoms with Gasteiger partial charge in [0.05, 0.1) is 6.04 Å². The first-order valence-corrected chi connectivity index (χ1v) is 10.9. The van der Waals surface area contributed by atoms with Crippen LogP contribution < -0.4 is 10.2 Å². The Labute approximate surface area is 179 Å². The Hall–Kier alpha value is -2.79. The number of para-hydroxylation sites is 1. The summed E-state index contributed by atoms with van der Waals surface area (Å²) in [6.07, 6.45) is 4.35. The highest BCUT2D eigenvalue weighted by molar-refractivity contribution is 5.84. The summed E-state index contributed by atoms with van der Waals surface area (Å²) in [6, 6.07) is 17.0. The van der Waals surface area contributed by atoms with E-state index in [1.54, 1.807) is 0 Å². The van der Waals surface area contributed by atoms with Crippen LogP contribution in [0.2, 0.25) is 0 Å². The minimum atomic E-state index is -0.183. The highest BCUT2D eigenvalue weighted by Crippen LogP contribution is 2.31. The van der Waals surface area contributed by atoms with Gasteiger partial charge in [0.25, 0.3) is 0 Å². The molecule has 1 aliphatic heterocycles. The molecular formula is C25H32N4O. The lowest BCUT2D eigenvalue weighted by Gasteiger charge is -2.24. The van der Waals surface area contributed by atoms with Crippen LogP contribution in [0.15, 0.2) is 54.7 Å². The molecule has 2 aromatic carbocycles. The Bertz CT molecular complexity index is 986. The molecule has 5 nitrogen and oxygen atoms in total. The van der Waals surface area contributed by atoms with Crippen molar-refractivity contribution in [2.45, 2.75) is 31.7 Å². The van der Waals surface area contributed by atoms with Crippen LogP contribution in [-0.4, -0.2) is 55.6 Å². The second-order valence-corrected chi connectivity index (χ2v) is 8.49. The number of hydrogen-bond acceptors (Lipinski definition) is 3. The van der Waals surface area contributed by atoms with Gasteiger partial charge in [-0.05, 0) is 49.1 Å². The molecule has 0 radical (unpaired) electrons. The number of carbonyl (C=O) groups excluding carboxylic acids is 1. The Kier molecular flexibility index (Phi) is 6.09. The lowest BCUT2D eigenvalue weighted by molar-refractivity contribution is -0.131. The normalized spacial score (nSPS) is 16.0. The van der Waals surface area contributed by atoms with Gasteiger partial charge in [0.1, 0.15) is 0 Å². The second kappa shape index (κ2) is 8.92. The fourth-order valence-electron chi connectivity index (χ4n) is 4.39. The average Bonchev–Trinajstić information content (AvgIpc) is 3.44. The van der Waals surface area contributed by atoms with Crippen molar-refractivity contribution in [1.29, 1.82) is 0 Å². The number of aromatic amines is 1. The summed E-state index contributed by atoms with van der Waals surface area (Å²) >= 11 is 0. The van der Waals surface area contributed by atoms with Crippen molar-refractivity contribution in [2.24, 2.45) is 0 Å². The lowest BCUT2D eigenvalue weighted by Crippen LogP contribution is -2.44. The molecule has 1 aromatic heterocycles. The molecule has 1 saturated heterocycles. The molecule has 30 heavy (non-hydrogen) atoms. The molecule has 0 spiro atoms. The van der Waals surface area contributed by atoms with E-state index in [1.165, 1.54) is 22.2 Å². The summed E-state index contributed by atoms with van der Waals surface area (Å²) in [5, 5.41) is 4.77. The van der Waals surface area contributed by atoms with Gasteiger partial charge in [0, 0.05) is 62.4 Å². The largest absolute Gasteiger partial charge is 0.378 e. The zero-order valence-electron chi connectivity index (χ0n) is 18.2. The highest BCUT2D eigenvalue weighted by Gasteiger charge is 2.25. The van der Waals surface area contributed by atoms with E-state index in [-0.39, 0.29) is 17.9 Å². The summed E-state index contributed by atoms with van der Waals surface area (Å²) in [7, 11) is 4.11. The van der Waals surface area contributed by atoms with Crippen molar-refractivity contribution < 1.29 is 4.79 Å². The zero-order valence-corrected chi connectivity index (χ0v) is 18.2. The van der Waals surface area contributed by atoms with E-state index in [1.807, 2.05) is 11.8 Å². The maximum atomic E-state index is 12.8. The van der Waals surface area contributed by atoms with Crippen LogP contribution in [0, 0.1) is 0 Å².